The number of fused-ring (bicyclic) bond motifs is 3. The Kier molecular flexibility index (Phi) is 5.45. The van der Waals surface area contributed by atoms with E-state index in [9.17, 15) is 4.79 Å². The van der Waals surface area contributed by atoms with E-state index in [2.05, 4.69) is 59.8 Å². The first-order valence-corrected chi connectivity index (χ1v) is 10.3. The van der Waals surface area contributed by atoms with Gasteiger partial charge in [-0.05, 0) is 24.5 Å². The van der Waals surface area contributed by atoms with Crippen molar-refractivity contribution in [3.05, 3.63) is 76.3 Å². The van der Waals surface area contributed by atoms with Crippen LogP contribution in [-0.4, -0.2) is 26.2 Å². The second-order valence-electron chi connectivity index (χ2n) is 8.20. The van der Waals surface area contributed by atoms with Crippen LogP contribution in [0.4, 0.5) is 0 Å². The standard InChI is InChI=1S/C23H27N5O/c1-17(2)13-14-27-22(29)19-11-7-8-12-20(19)28-21(24-25-23(27)28)16-26(3)15-18-9-5-4-6-10-18/h4-12,17H,13-16H2,1-3H3/p+1. The van der Waals surface area contributed by atoms with Gasteiger partial charge in [0, 0.05) is 12.1 Å². The van der Waals surface area contributed by atoms with Gasteiger partial charge in [-0.25, -0.2) is 0 Å². The molecule has 0 aliphatic heterocycles. The Hall–Kier alpha value is -2.99. The summed E-state index contributed by atoms with van der Waals surface area (Å²) in [6.07, 6.45) is 0.926. The summed E-state index contributed by atoms with van der Waals surface area (Å²) >= 11 is 0. The highest BCUT2D eigenvalue weighted by Gasteiger charge is 2.18. The van der Waals surface area contributed by atoms with E-state index < -0.39 is 0 Å². The fourth-order valence-electron chi connectivity index (χ4n) is 3.79. The van der Waals surface area contributed by atoms with Gasteiger partial charge in [-0.3, -0.25) is 13.8 Å². The average molecular weight is 391 g/mol. The van der Waals surface area contributed by atoms with Gasteiger partial charge in [0.25, 0.3) is 5.56 Å². The van der Waals surface area contributed by atoms with Crippen LogP contribution in [0.3, 0.4) is 0 Å². The molecular weight excluding hydrogens is 362 g/mol. The maximum absolute atomic E-state index is 13.1. The average Bonchev–Trinajstić information content (AvgIpc) is 3.12. The molecule has 0 amide bonds. The lowest BCUT2D eigenvalue weighted by molar-refractivity contribution is -0.908. The number of quaternary nitrogens is 1. The summed E-state index contributed by atoms with van der Waals surface area (Å²) in [4.78, 5) is 14.4. The SMILES string of the molecule is CC(C)CCn1c(=O)c2ccccc2n2c(C[NH+](C)Cc3ccccc3)nnc12. The number of hydrogen-bond acceptors (Lipinski definition) is 3. The molecule has 2 heterocycles. The monoisotopic (exact) mass is 390 g/mol. The van der Waals surface area contributed by atoms with E-state index in [-0.39, 0.29) is 5.56 Å². The molecule has 150 valence electrons. The molecule has 0 fully saturated rings. The smallest absolute Gasteiger partial charge is 0.262 e. The minimum atomic E-state index is 0.0117. The number of benzene rings is 2. The molecule has 0 aliphatic rings. The fraction of sp³-hybridized carbons (Fsp3) is 0.348. The third kappa shape index (κ3) is 3.93. The molecule has 4 rings (SSSR count). The summed E-state index contributed by atoms with van der Waals surface area (Å²) in [5.41, 5.74) is 2.18. The first-order valence-electron chi connectivity index (χ1n) is 10.3. The van der Waals surface area contributed by atoms with Gasteiger partial charge in [0.05, 0.1) is 18.0 Å². The van der Waals surface area contributed by atoms with Crippen molar-refractivity contribution < 1.29 is 4.90 Å². The minimum Gasteiger partial charge on any atom is -0.327 e. The van der Waals surface area contributed by atoms with Crippen molar-refractivity contribution in [1.82, 2.24) is 19.2 Å². The predicted molar refractivity (Wildman–Crippen MR) is 115 cm³/mol. The molecule has 0 saturated heterocycles. The third-order valence-electron chi connectivity index (χ3n) is 5.31. The molecule has 1 unspecified atom stereocenters. The largest absolute Gasteiger partial charge is 0.327 e. The van der Waals surface area contributed by atoms with Crippen molar-refractivity contribution in [3.8, 4) is 0 Å². The zero-order valence-corrected chi connectivity index (χ0v) is 17.3. The molecule has 29 heavy (non-hydrogen) atoms. The van der Waals surface area contributed by atoms with E-state index >= 15 is 0 Å². The summed E-state index contributed by atoms with van der Waals surface area (Å²) in [7, 11) is 2.16. The molecule has 2 aromatic heterocycles. The van der Waals surface area contributed by atoms with Crippen molar-refractivity contribution in [2.24, 2.45) is 5.92 Å². The predicted octanol–water partition coefficient (Wildman–Crippen LogP) is 2.31. The molecular formula is C23H28N5O+. The van der Waals surface area contributed by atoms with E-state index in [0.29, 0.717) is 23.6 Å². The quantitative estimate of drug-likeness (QED) is 0.527. The highest BCUT2D eigenvalue weighted by atomic mass is 16.1. The number of para-hydroxylation sites is 1. The van der Waals surface area contributed by atoms with Gasteiger partial charge < -0.3 is 4.90 Å². The first-order chi connectivity index (χ1) is 14.0. The Morgan fingerprint density at radius 3 is 2.45 bits per heavy atom. The summed E-state index contributed by atoms with van der Waals surface area (Å²) in [5.74, 6) is 2.03. The normalized spacial score (nSPS) is 12.8. The third-order valence-corrected chi connectivity index (χ3v) is 5.31. The van der Waals surface area contributed by atoms with Gasteiger partial charge in [-0.15, -0.1) is 10.2 Å². The van der Waals surface area contributed by atoms with Gasteiger partial charge in [0.2, 0.25) is 5.78 Å². The molecule has 1 atom stereocenters. The van der Waals surface area contributed by atoms with Crippen molar-refractivity contribution in [2.75, 3.05) is 7.05 Å². The Morgan fingerprint density at radius 2 is 1.69 bits per heavy atom. The molecule has 2 aromatic carbocycles. The van der Waals surface area contributed by atoms with Crippen LogP contribution in [0, 0.1) is 5.92 Å². The Bertz CT molecular complexity index is 1180. The Labute approximate surface area is 170 Å². The molecule has 0 bridgehead atoms. The first kappa shape index (κ1) is 19.3. The summed E-state index contributed by atoms with van der Waals surface area (Å²) in [6.45, 7) is 6.61. The van der Waals surface area contributed by atoms with Crippen LogP contribution in [0.15, 0.2) is 59.4 Å². The van der Waals surface area contributed by atoms with Gasteiger partial charge in [-0.2, -0.15) is 0 Å². The van der Waals surface area contributed by atoms with E-state index in [4.69, 9.17) is 0 Å². The van der Waals surface area contributed by atoms with Crippen LogP contribution in [0.1, 0.15) is 31.7 Å². The Morgan fingerprint density at radius 1 is 0.966 bits per heavy atom. The van der Waals surface area contributed by atoms with Crippen molar-refractivity contribution >= 4 is 16.7 Å². The molecule has 4 aromatic rings. The van der Waals surface area contributed by atoms with E-state index in [1.807, 2.05) is 30.3 Å². The maximum Gasteiger partial charge on any atom is 0.262 e. The maximum atomic E-state index is 13.1. The lowest BCUT2D eigenvalue weighted by Crippen LogP contribution is -3.06. The van der Waals surface area contributed by atoms with Crippen molar-refractivity contribution in [2.45, 2.75) is 39.9 Å². The second kappa shape index (κ2) is 8.17. The molecule has 6 heteroatoms. The van der Waals surface area contributed by atoms with Crippen LogP contribution in [0.5, 0.6) is 0 Å². The number of aryl methyl sites for hydroxylation is 1. The highest BCUT2D eigenvalue weighted by Crippen LogP contribution is 2.15. The molecule has 0 spiro atoms. The molecule has 0 aliphatic carbocycles. The number of nitrogens with one attached hydrogen (secondary N) is 1. The number of rotatable bonds is 7. The van der Waals surface area contributed by atoms with Crippen LogP contribution in [0.25, 0.3) is 16.7 Å². The molecule has 6 nitrogen and oxygen atoms in total. The summed E-state index contributed by atoms with van der Waals surface area (Å²) in [5, 5.41) is 9.63. The van der Waals surface area contributed by atoms with Crippen LogP contribution < -0.4 is 10.5 Å². The van der Waals surface area contributed by atoms with Gasteiger partial charge >= 0.3 is 0 Å². The van der Waals surface area contributed by atoms with Gasteiger partial charge in [0.15, 0.2) is 5.82 Å². The summed E-state index contributed by atoms with van der Waals surface area (Å²) in [6, 6.07) is 18.2. The van der Waals surface area contributed by atoms with Crippen molar-refractivity contribution in [1.29, 1.82) is 0 Å². The second-order valence-corrected chi connectivity index (χ2v) is 8.20. The van der Waals surface area contributed by atoms with E-state index in [1.54, 1.807) is 4.57 Å². The zero-order valence-electron chi connectivity index (χ0n) is 17.3. The summed E-state index contributed by atoms with van der Waals surface area (Å²) < 4.78 is 3.84. The Balaban J connectivity index is 1.76. The van der Waals surface area contributed by atoms with Gasteiger partial charge in [0.1, 0.15) is 13.1 Å². The van der Waals surface area contributed by atoms with Crippen LogP contribution in [-0.2, 0) is 19.6 Å². The van der Waals surface area contributed by atoms with Crippen LogP contribution >= 0.6 is 0 Å². The molecule has 0 saturated carbocycles. The number of aromatic nitrogens is 4. The van der Waals surface area contributed by atoms with Crippen molar-refractivity contribution in [3.63, 3.8) is 0 Å². The van der Waals surface area contributed by atoms with E-state index in [0.717, 1.165) is 30.9 Å². The van der Waals surface area contributed by atoms with E-state index in [1.165, 1.54) is 10.5 Å². The number of hydrogen-bond donors (Lipinski definition) is 1. The lowest BCUT2D eigenvalue weighted by atomic mass is 10.1. The minimum absolute atomic E-state index is 0.0117. The fourth-order valence-corrected chi connectivity index (χ4v) is 3.79. The topological polar surface area (TPSA) is 56.6 Å². The molecule has 0 radical (unpaired) electrons. The molecule has 1 N–H and O–H groups in total. The van der Waals surface area contributed by atoms with Crippen LogP contribution in [0.2, 0.25) is 0 Å². The van der Waals surface area contributed by atoms with Gasteiger partial charge in [-0.1, -0.05) is 56.3 Å². The zero-order chi connectivity index (χ0) is 20.4. The number of nitrogens with zero attached hydrogens (tertiary/aromatic N) is 4. The lowest BCUT2D eigenvalue weighted by Gasteiger charge is -2.15. The highest BCUT2D eigenvalue weighted by molar-refractivity contribution is 5.80.